The monoisotopic (exact) mass is 450 g/mol. The van der Waals surface area contributed by atoms with E-state index < -0.39 is 10.8 Å². The largest absolute Gasteiger partial charge is 0.382 e. The molecule has 10 N–H and O–H groups in total. The standard InChI is InChI=1S/C18H18N12OS/c19-15-13(16(20)28-27-15)25-23-9-1-5-11(6-2-9)32(31)12-7-3-10(4-8-12)24-26-14-17(21)29-30-18(14)22/h1-8H,(H5,19,20,27,28)(H5,21,22,29,30). The molecule has 32 heavy (non-hydrogen) atoms. The SMILES string of the molecule is Nc1n[nH]c(N)c1N=Nc1ccc(S(=O)c2ccc(N=Nc3c(N)n[nH]c3N)cc2)cc1. The zero-order chi connectivity index (χ0) is 22.7. The first-order valence-corrected chi connectivity index (χ1v) is 10.2. The van der Waals surface area contributed by atoms with E-state index in [1.54, 1.807) is 48.5 Å². The Morgan fingerprint density at radius 2 is 1.00 bits per heavy atom. The van der Waals surface area contributed by atoms with Crippen LogP contribution in [0.2, 0.25) is 0 Å². The predicted molar refractivity (Wildman–Crippen MR) is 121 cm³/mol. The number of aromatic nitrogens is 4. The number of benzene rings is 2. The minimum absolute atomic E-state index is 0.156. The molecule has 4 aromatic rings. The number of nitrogens with one attached hydrogen (secondary N) is 2. The summed E-state index contributed by atoms with van der Waals surface area (Å²) < 4.78 is 12.8. The molecule has 162 valence electrons. The maximum Gasteiger partial charge on any atom is 0.175 e. The Morgan fingerprint density at radius 1 is 0.625 bits per heavy atom. The first-order valence-electron chi connectivity index (χ1n) is 9.06. The van der Waals surface area contributed by atoms with Crippen molar-refractivity contribution in [1.82, 2.24) is 20.4 Å². The number of hydrogen-bond acceptors (Lipinski definition) is 11. The van der Waals surface area contributed by atoms with E-state index in [1.807, 2.05) is 0 Å². The molecule has 0 unspecified atom stereocenters. The number of nitrogens with zero attached hydrogens (tertiary/aromatic N) is 6. The maximum atomic E-state index is 12.8. The van der Waals surface area contributed by atoms with Crippen LogP contribution in [0.15, 0.2) is 78.8 Å². The Bertz CT molecular complexity index is 1180. The summed E-state index contributed by atoms with van der Waals surface area (Å²) >= 11 is 0. The fraction of sp³-hybridized carbons (Fsp3) is 0. The summed E-state index contributed by atoms with van der Waals surface area (Å²) in [5.41, 5.74) is 24.3. The van der Waals surface area contributed by atoms with Gasteiger partial charge in [0.1, 0.15) is 11.6 Å². The van der Waals surface area contributed by atoms with Gasteiger partial charge in [-0.3, -0.25) is 10.2 Å². The summed E-state index contributed by atoms with van der Waals surface area (Å²) in [4.78, 5) is 1.19. The van der Waals surface area contributed by atoms with Gasteiger partial charge in [0.2, 0.25) is 0 Å². The van der Waals surface area contributed by atoms with Gasteiger partial charge in [0.05, 0.1) is 22.2 Å². The molecular formula is C18H18N12OS. The minimum Gasteiger partial charge on any atom is -0.382 e. The lowest BCUT2D eigenvalue weighted by Crippen LogP contribution is -1.91. The van der Waals surface area contributed by atoms with E-state index in [1.165, 1.54) is 0 Å². The summed E-state index contributed by atoms with van der Waals surface area (Å²) in [5.74, 6) is 0.764. The molecule has 0 radical (unpaired) electrons. The third kappa shape index (κ3) is 4.29. The van der Waals surface area contributed by atoms with Crippen molar-refractivity contribution in [1.29, 1.82) is 0 Å². The van der Waals surface area contributed by atoms with Crippen LogP contribution in [-0.2, 0) is 10.8 Å². The normalized spacial score (nSPS) is 12.6. The third-order valence-corrected chi connectivity index (χ3v) is 5.62. The van der Waals surface area contributed by atoms with E-state index >= 15 is 0 Å². The fourth-order valence-corrected chi connectivity index (χ4v) is 3.60. The Kier molecular flexibility index (Phi) is 5.59. The van der Waals surface area contributed by atoms with E-state index in [9.17, 15) is 4.21 Å². The van der Waals surface area contributed by atoms with Crippen LogP contribution >= 0.6 is 0 Å². The van der Waals surface area contributed by atoms with Gasteiger partial charge in [-0.15, -0.1) is 10.2 Å². The predicted octanol–water partition coefficient (Wildman–Crippen LogP) is 3.46. The van der Waals surface area contributed by atoms with Crippen molar-refractivity contribution in [3.63, 3.8) is 0 Å². The number of H-pyrrole nitrogens is 2. The van der Waals surface area contributed by atoms with Crippen LogP contribution in [0.4, 0.5) is 46.0 Å². The van der Waals surface area contributed by atoms with Crippen LogP contribution in [0, 0.1) is 0 Å². The molecule has 2 aromatic carbocycles. The Hall–Kier alpha value is -4.59. The lowest BCUT2D eigenvalue weighted by molar-refractivity contribution is 0.683. The smallest absolute Gasteiger partial charge is 0.175 e. The zero-order valence-corrected chi connectivity index (χ0v) is 17.2. The summed E-state index contributed by atoms with van der Waals surface area (Å²) in [6.45, 7) is 0. The number of aromatic amines is 2. The van der Waals surface area contributed by atoms with Crippen LogP contribution in [0.3, 0.4) is 0 Å². The number of azo groups is 2. The van der Waals surface area contributed by atoms with E-state index in [2.05, 4.69) is 40.9 Å². The van der Waals surface area contributed by atoms with Gasteiger partial charge in [0, 0.05) is 9.79 Å². The van der Waals surface area contributed by atoms with Crippen molar-refractivity contribution >= 4 is 56.8 Å². The number of anilines is 4. The Balaban J connectivity index is 1.45. The van der Waals surface area contributed by atoms with Gasteiger partial charge in [-0.2, -0.15) is 20.4 Å². The summed E-state index contributed by atoms with van der Waals surface area (Å²) in [7, 11) is -1.40. The summed E-state index contributed by atoms with van der Waals surface area (Å²) in [5, 5.41) is 28.6. The summed E-state index contributed by atoms with van der Waals surface area (Å²) in [6, 6.07) is 13.5. The highest BCUT2D eigenvalue weighted by Crippen LogP contribution is 2.30. The van der Waals surface area contributed by atoms with E-state index in [4.69, 9.17) is 22.9 Å². The molecule has 0 fully saturated rings. The molecule has 4 rings (SSSR count). The fourth-order valence-electron chi connectivity index (χ4n) is 2.56. The van der Waals surface area contributed by atoms with Crippen LogP contribution in [0.25, 0.3) is 0 Å². The Morgan fingerprint density at radius 3 is 1.31 bits per heavy atom. The summed E-state index contributed by atoms with van der Waals surface area (Å²) in [6.07, 6.45) is 0. The number of nitrogens with two attached hydrogens (primary N) is 4. The highest BCUT2D eigenvalue weighted by Gasteiger charge is 2.10. The molecule has 0 amide bonds. The van der Waals surface area contributed by atoms with Gasteiger partial charge in [-0.05, 0) is 48.5 Å². The molecule has 0 bridgehead atoms. The molecule has 0 saturated heterocycles. The van der Waals surface area contributed by atoms with Gasteiger partial charge in [0.15, 0.2) is 23.0 Å². The van der Waals surface area contributed by atoms with Crippen LogP contribution in [-0.4, -0.2) is 24.6 Å². The van der Waals surface area contributed by atoms with Crippen molar-refractivity contribution in [3.8, 4) is 0 Å². The van der Waals surface area contributed by atoms with Crippen molar-refractivity contribution in [2.75, 3.05) is 22.9 Å². The molecule has 0 spiro atoms. The molecule has 13 nitrogen and oxygen atoms in total. The molecule has 14 heteroatoms. The van der Waals surface area contributed by atoms with Gasteiger partial charge in [-0.1, -0.05) is 0 Å². The molecule has 0 atom stereocenters. The number of rotatable bonds is 6. The zero-order valence-electron chi connectivity index (χ0n) is 16.4. The van der Waals surface area contributed by atoms with Crippen molar-refractivity contribution < 1.29 is 4.21 Å². The van der Waals surface area contributed by atoms with Gasteiger partial charge < -0.3 is 22.9 Å². The second-order valence-corrected chi connectivity index (χ2v) is 7.88. The van der Waals surface area contributed by atoms with E-state index in [-0.39, 0.29) is 34.6 Å². The number of nitrogen functional groups attached to an aromatic ring is 4. The molecule has 0 aliphatic heterocycles. The van der Waals surface area contributed by atoms with Gasteiger partial charge >= 0.3 is 0 Å². The van der Waals surface area contributed by atoms with Crippen LogP contribution in [0.5, 0.6) is 0 Å². The lowest BCUT2D eigenvalue weighted by atomic mass is 10.3. The molecule has 0 saturated carbocycles. The van der Waals surface area contributed by atoms with E-state index in [0.717, 1.165) is 0 Å². The highest BCUT2D eigenvalue weighted by molar-refractivity contribution is 7.85. The second-order valence-electron chi connectivity index (χ2n) is 6.40. The second kappa shape index (κ2) is 8.65. The average Bonchev–Trinajstić information content (AvgIpc) is 3.30. The number of hydrogen-bond donors (Lipinski definition) is 6. The minimum atomic E-state index is -1.40. The first-order chi connectivity index (χ1) is 15.4. The molecule has 2 heterocycles. The topological polar surface area (TPSA) is 228 Å². The highest BCUT2D eigenvalue weighted by atomic mass is 32.2. The van der Waals surface area contributed by atoms with Crippen LogP contribution in [0.1, 0.15) is 0 Å². The van der Waals surface area contributed by atoms with Crippen molar-refractivity contribution in [2.24, 2.45) is 20.5 Å². The average molecular weight is 450 g/mol. The molecule has 2 aromatic heterocycles. The quantitative estimate of drug-likeness (QED) is 0.239. The molecule has 0 aliphatic rings. The van der Waals surface area contributed by atoms with Gasteiger partial charge in [-0.25, -0.2) is 4.21 Å². The lowest BCUT2D eigenvalue weighted by Gasteiger charge is -2.03. The van der Waals surface area contributed by atoms with E-state index in [0.29, 0.717) is 21.2 Å². The molecule has 0 aliphatic carbocycles. The van der Waals surface area contributed by atoms with Gasteiger partial charge in [0.25, 0.3) is 0 Å². The van der Waals surface area contributed by atoms with Crippen molar-refractivity contribution in [2.45, 2.75) is 9.79 Å². The van der Waals surface area contributed by atoms with Crippen LogP contribution < -0.4 is 22.9 Å². The molecular weight excluding hydrogens is 432 g/mol. The van der Waals surface area contributed by atoms with Crippen molar-refractivity contribution in [3.05, 3.63) is 48.5 Å². The first kappa shape index (κ1) is 20.7. The Labute approximate surface area is 183 Å². The maximum absolute atomic E-state index is 12.8. The third-order valence-electron chi connectivity index (χ3n) is 4.22.